The van der Waals surface area contributed by atoms with Gasteiger partial charge in [-0.1, -0.05) is 6.92 Å². The molecule has 0 bridgehead atoms. The van der Waals surface area contributed by atoms with Crippen LogP contribution in [0.4, 0.5) is 0 Å². The normalized spacial score (nSPS) is 31.7. The van der Waals surface area contributed by atoms with Gasteiger partial charge >= 0.3 is 3.36 Å². The maximum atomic E-state index is 11.1. The van der Waals surface area contributed by atoms with Crippen LogP contribution in [0.3, 0.4) is 0 Å². The van der Waals surface area contributed by atoms with E-state index < -0.39 is 8.28 Å². The molecule has 2 rings (SSSR count). The highest BCUT2D eigenvalue weighted by molar-refractivity contribution is 9.25. The van der Waals surface area contributed by atoms with Crippen LogP contribution in [0.2, 0.25) is 0 Å². The zero-order chi connectivity index (χ0) is 14.2. The average Bonchev–Trinajstić information content (AvgIpc) is 2.88. The van der Waals surface area contributed by atoms with Gasteiger partial charge in [0.05, 0.1) is 18.1 Å². The smallest absolute Gasteiger partial charge is 0.381 e. The number of halogens is 2. The van der Waals surface area contributed by atoms with Gasteiger partial charge < -0.3 is 9.64 Å². The van der Waals surface area contributed by atoms with Crippen LogP contribution in [0.5, 0.6) is 0 Å². The lowest BCUT2D eigenvalue weighted by atomic mass is 9.97. The predicted octanol–water partition coefficient (Wildman–Crippen LogP) is 2.09. The molecule has 2 aliphatic rings. The van der Waals surface area contributed by atoms with Crippen molar-refractivity contribution in [2.45, 2.75) is 23.2 Å². The monoisotopic (exact) mass is 397 g/mol. The highest BCUT2D eigenvalue weighted by Crippen LogP contribution is 2.34. The SMILES string of the molecule is CC1COCC1CN1C(C(Br)(Br)[N+](=O)[O-])=NCC1C. The number of rotatable bonds is 4. The Bertz CT molecular complexity index is 403. The summed E-state index contributed by atoms with van der Waals surface area (Å²) in [4.78, 5) is 17.1. The lowest BCUT2D eigenvalue weighted by Gasteiger charge is -2.30. The van der Waals surface area contributed by atoms with Crippen molar-refractivity contribution in [1.82, 2.24) is 4.90 Å². The summed E-state index contributed by atoms with van der Waals surface area (Å²) in [5, 5.41) is 11.1. The molecule has 0 aliphatic carbocycles. The predicted molar refractivity (Wildman–Crippen MR) is 79.5 cm³/mol. The van der Waals surface area contributed by atoms with E-state index in [4.69, 9.17) is 4.74 Å². The molecule has 2 aliphatic heterocycles. The maximum Gasteiger partial charge on any atom is 0.382 e. The van der Waals surface area contributed by atoms with Gasteiger partial charge in [-0.2, -0.15) is 0 Å². The van der Waals surface area contributed by atoms with Crippen molar-refractivity contribution in [2.75, 3.05) is 26.3 Å². The van der Waals surface area contributed by atoms with Crippen LogP contribution in [-0.4, -0.2) is 51.4 Å². The lowest BCUT2D eigenvalue weighted by molar-refractivity contribution is -0.486. The molecule has 1 fully saturated rings. The molecule has 1 saturated heterocycles. The van der Waals surface area contributed by atoms with E-state index in [2.05, 4.69) is 43.8 Å². The van der Waals surface area contributed by atoms with Gasteiger partial charge in [-0.25, -0.2) is 0 Å². The number of ether oxygens (including phenoxy) is 1. The average molecular weight is 399 g/mol. The van der Waals surface area contributed by atoms with Gasteiger partial charge in [0.25, 0.3) is 0 Å². The molecule has 108 valence electrons. The second-order valence-electron chi connectivity index (χ2n) is 5.24. The van der Waals surface area contributed by atoms with Crippen LogP contribution in [0.1, 0.15) is 13.8 Å². The molecular weight excluding hydrogens is 382 g/mol. The largest absolute Gasteiger partial charge is 0.382 e. The van der Waals surface area contributed by atoms with Gasteiger partial charge in [0, 0.05) is 57.0 Å². The molecule has 3 unspecified atom stereocenters. The molecular formula is C11H17Br2N3O3. The molecule has 19 heavy (non-hydrogen) atoms. The maximum absolute atomic E-state index is 11.1. The van der Waals surface area contributed by atoms with Crippen LogP contribution in [0.25, 0.3) is 0 Å². The van der Waals surface area contributed by atoms with Crippen LogP contribution in [0, 0.1) is 22.0 Å². The zero-order valence-electron chi connectivity index (χ0n) is 10.9. The van der Waals surface area contributed by atoms with Crippen molar-refractivity contribution in [3.63, 3.8) is 0 Å². The van der Waals surface area contributed by atoms with Gasteiger partial charge in [-0.3, -0.25) is 15.1 Å². The van der Waals surface area contributed by atoms with Crippen molar-refractivity contribution in [2.24, 2.45) is 16.8 Å². The number of amidine groups is 1. The lowest BCUT2D eigenvalue weighted by Crippen LogP contribution is -2.48. The van der Waals surface area contributed by atoms with E-state index in [0.717, 1.165) is 13.2 Å². The summed E-state index contributed by atoms with van der Waals surface area (Å²) in [6.07, 6.45) is 0. The Kier molecular flexibility index (Phi) is 4.52. The molecule has 6 nitrogen and oxygen atoms in total. The summed E-state index contributed by atoms with van der Waals surface area (Å²) in [6, 6.07) is 0.178. The van der Waals surface area contributed by atoms with E-state index in [0.29, 0.717) is 30.8 Å². The summed E-state index contributed by atoms with van der Waals surface area (Å²) in [6.45, 7) is 7.00. The van der Waals surface area contributed by atoms with E-state index in [-0.39, 0.29) is 6.04 Å². The van der Waals surface area contributed by atoms with Gasteiger partial charge in [-0.05, 0) is 12.8 Å². The first-order valence-electron chi connectivity index (χ1n) is 6.25. The molecule has 0 spiro atoms. The summed E-state index contributed by atoms with van der Waals surface area (Å²) >= 11 is 6.24. The number of hydrogen-bond acceptors (Lipinski definition) is 5. The van der Waals surface area contributed by atoms with Crippen LogP contribution >= 0.6 is 31.9 Å². The third-order valence-electron chi connectivity index (χ3n) is 3.76. The second-order valence-corrected chi connectivity index (χ2v) is 8.60. The summed E-state index contributed by atoms with van der Waals surface area (Å²) in [5.41, 5.74) is 0. The van der Waals surface area contributed by atoms with Crippen LogP contribution in [0.15, 0.2) is 4.99 Å². The Labute approximate surface area is 129 Å². The molecule has 0 amide bonds. The third-order valence-corrected chi connectivity index (χ3v) is 5.04. The fourth-order valence-corrected chi connectivity index (χ4v) is 3.13. The molecule has 0 aromatic heterocycles. The molecule has 0 N–H and O–H groups in total. The highest BCUT2D eigenvalue weighted by atomic mass is 79.9. The van der Waals surface area contributed by atoms with Gasteiger partial charge in [0.2, 0.25) is 5.84 Å². The van der Waals surface area contributed by atoms with E-state index in [1.165, 1.54) is 0 Å². The number of alkyl halides is 2. The first kappa shape index (κ1) is 15.2. The molecule has 0 radical (unpaired) electrons. The Morgan fingerprint density at radius 3 is 2.74 bits per heavy atom. The van der Waals surface area contributed by atoms with Crippen LogP contribution < -0.4 is 0 Å². The van der Waals surface area contributed by atoms with Gasteiger partial charge in [-0.15, -0.1) is 0 Å². The number of aliphatic imine (C=N–C) groups is 1. The van der Waals surface area contributed by atoms with E-state index in [1.54, 1.807) is 0 Å². The van der Waals surface area contributed by atoms with Gasteiger partial charge in [0.1, 0.15) is 0 Å². The minimum absolute atomic E-state index is 0.178. The topological polar surface area (TPSA) is 68.0 Å². The highest BCUT2D eigenvalue weighted by Gasteiger charge is 2.49. The standard InChI is InChI=1S/C11H17Br2N3O3/c1-7-5-19-6-9(7)4-15-8(2)3-14-10(15)11(12,13)16(17)18/h7-9H,3-6H2,1-2H3. The number of hydrogen-bond donors (Lipinski definition) is 0. The van der Waals surface area contributed by atoms with Crippen molar-refractivity contribution < 1.29 is 9.66 Å². The Morgan fingerprint density at radius 2 is 2.21 bits per heavy atom. The van der Waals surface area contributed by atoms with Crippen LogP contribution in [-0.2, 0) is 4.74 Å². The van der Waals surface area contributed by atoms with Crippen molar-refractivity contribution >= 4 is 37.7 Å². The Morgan fingerprint density at radius 1 is 1.53 bits per heavy atom. The first-order chi connectivity index (χ1) is 8.84. The molecule has 2 heterocycles. The van der Waals surface area contributed by atoms with E-state index >= 15 is 0 Å². The number of nitro groups is 1. The molecule has 0 saturated carbocycles. The van der Waals surface area contributed by atoms with Crippen molar-refractivity contribution in [3.05, 3.63) is 10.1 Å². The minimum Gasteiger partial charge on any atom is -0.381 e. The first-order valence-corrected chi connectivity index (χ1v) is 7.84. The second kappa shape index (κ2) is 5.65. The van der Waals surface area contributed by atoms with Crippen molar-refractivity contribution in [1.29, 1.82) is 0 Å². The van der Waals surface area contributed by atoms with Crippen molar-refractivity contribution in [3.8, 4) is 0 Å². The molecule has 3 atom stereocenters. The quantitative estimate of drug-likeness (QED) is 0.314. The molecule has 8 heteroatoms. The summed E-state index contributed by atoms with van der Waals surface area (Å²) in [7, 11) is 0. The van der Waals surface area contributed by atoms with Gasteiger partial charge in [0.15, 0.2) is 0 Å². The Balaban J connectivity index is 2.13. The minimum atomic E-state index is -1.49. The fraction of sp³-hybridized carbons (Fsp3) is 0.909. The fourth-order valence-electron chi connectivity index (χ4n) is 2.42. The molecule has 0 aromatic rings. The Hall–Kier alpha value is -0.210. The van der Waals surface area contributed by atoms with E-state index in [9.17, 15) is 10.1 Å². The molecule has 0 aromatic carbocycles. The zero-order valence-corrected chi connectivity index (χ0v) is 14.1. The summed E-state index contributed by atoms with van der Waals surface area (Å²) < 4.78 is 3.97. The van der Waals surface area contributed by atoms with E-state index in [1.807, 2.05) is 11.8 Å². The third kappa shape index (κ3) is 2.95. The summed E-state index contributed by atoms with van der Waals surface area (Å²) in [5.74, 6) is 1.32. The number of nitrogens with zero attached hydrogens (tertiary/aromatic N) is 3.